The van der Waals surface area contributed by atoms with Gasteiger partial charge in [0.1, 0.15) is 6.04 Å². The Kier molecular flexibility index (Phi) is 11.8. The highest BCUT2D eigenvalue weighted by molar-refractivity contribution is 5.98. The number of amides is 4. The average Bonchev–Trinajstić information content (AvgIpc) is 2.98. The van der Waals surface area contributed by atoms with Crippen molar-refractivity contribution in [3.63, 3.8) is 0 Å². The van der Waals surface area contributed by atoms with Crippen molar-refractivity contribution >= 4 is 35.6 Å². The van der Waals surface area contributed by atoms with Crippen LogP contribution in [-0.4, -0.2) is 94.5 Å². The van der Waals surface area contributed by atoms with E-state index in [1.807, 2.05) is 0 Å². The number of aromatic carboxylic acids is 1. The van der Waals surface area contributed by atoms with E-state index < -0.39 is 41.6 Å². The molecule has 0 aromatic heterocycles. The van der Waals surface area contributed by atoms with Crippen molar-refractivity contribution in [1.82, 2.24) is 26.0 Å². The molecule has 13 nitrogen and oxygen atoms in total. The largest absolute Gasteiger partial charge is 0.480 e. The molecule has 2 aliphatic heterocycles. The monoisotopic (exact) mass is 573 g/mol. The van der Waals surface area contributed by atoms with Gasteiger partial charge in [-0.1, -0.05) is 0 Å². The number of nitrogens with zero attached hydrogens (tertiary/aromatic N) is 2. The minimum atomic E-state index is -1.26. The molecule has 0 radical (unpaired) electrons. The van der Waals surface area contributed by atoms with Gasteiger partial charge in [0.2, 0.25) is 17.7 Å². The van der Waals surface area contributed by atoms with Crippen LogP contribution in [0.15, 0.2) is 24.3 Å². The van der Waals surface area contributed by atoms with E-state index in [-0.39, 0.29) is 36.5 Å². The third-order valence-corrected chi connectivity index (χ3v) is 7.53. The fourth-order valence-corrected chi connectivity index (χ4v) is 5.01. The zero-order valence-electron chi connectivity index (χ0n) is 23.3. The Morgan fingerprint density at radius 2 is 1.66 bits per heavy atom. The van der Waals surface area contributed by atoms with E-state index >= 15 is 0 Å². The van der Waals surface area contributed by atoms with Crippen molar-refractivity contribution < 1.29 is 39.0 Å². The number of hydrazine groups is 1. The van der Waals surface area contributed by atoms with Gasteiger partial charge in [0.25, 0.3) is 5.91 Å². The van der Waals surface area contributed by atoms with Crippen LogP contribution in [-0.2, 0) is 19.2 Å². The summed E-state index contributed by atoms with van der Waals surface area (Å²) in [4.78, 5) is 75.9. The first-order chi connectivity index (χ1) is 19.6. The lowest BCUT2D eigenvalue weighted by Crippen LogP contribution is -2.57. The number of likely N-dealkylation sites (tertiary alicyclic amines) is 1. The molecule has 4 amide bonds. The van der Waals surface area contributed by atoms with Crippen LogP contribution < -0.4 is 16.1 Å². The predicted octanol–water partition coefficient (Wildman–Crippen LogP) is 0.856. The molecule has 2 aliphatic rings. The summed E-state index contributed by atoms with van der Waals surface area (Å²) in [6, 6.07) is 4.01. The van der Waals surface area contributed by atoms with Gasteiger partial charge in [-0.2, -0.15) is 0 Å². The molecule has 0 saturated carbocycles. The number of piperidine rings is 2. The SMILES string of the molecule is C[C@H](NN(C(=O)CCNC(=O)c1ccc(C(=O)O)cc1)C(=O)[C@@H]1CCCN(C(=O)CCC2CCNCC2)C1)C(=O)O. The number of carboxylic acid groups (broad SMARTS) is 2. The molecule has 0 spiro atoms. The van der Waals surface area contributed by atoms with E-state index in [0.29, 0.717) is 36.7 Å². The van der Waals surface area contributed by atoms with Gasteiger partial charge in [-0.3, -0.25) is 24.0 Å². The topological polar surface area (TPSA) is 185 Å². The van der Waals surface area contributed by atoms with E-state index in [2.05, 4.69) is 16.1 Å². The number of hydrogen-bond acceptors (Lipinski definition) is 8. The summed E-state index contributed by atoms with van der Waals surface area (Å²) in [5.41, 5.74) is 2.69. The van der Waals surface area contributed by atoms with Crippen molar-refractivity contribution in [2.24, 2.45) is 11.8 Å². The molecule has 3 rings (SSSR count). The number of benzene rings is 1. The van der Waals surface area contributed by atoms with E-state index in [0.717, 1.165) is 32.4 Å². The molecule has 2 saturated heterocycles. The second-order valence-corrected chi connectivity index (χ2v) is 10.6. The number of nitrogens with one attached hydrogen (secondary N) is 3. The van der Waals surface area contributed by atoms with Gasteiger partial charge >= 0.3 is 11.9 Å². The van der Waals surface area contributed by atoms with Crippen molar-refractivity contribution in [3.8, 4) is 0 Å². The summed E-state index contributed by atoms with van der Waals surface area (Å²) in [5, 5.41) is 24.9. The van der Waals surface area contributed by atoms with Crippen LogP contribution in [0.1, 0.15) is 72.6 Å². The van der Waals surface area contributed by atoms with Crippen LogP contribution in [0, 0.1) is 11.8 Å². The number of carboxylic acids is 2. The normalized spacial score (nSPS) is 18.3. The summed E-state index contributed by atoms with van der Waals surface area (Å²) in [6.45, 7) is 3.75. The van der Waals surface area contributed by atoms with Crippen molar-refractivity contribution in [2.75, 3.05) is 32.7 Å². The summed E-state index contributed by atoms with van der Waals surface area (Å²) in [7, 11) is 0. The number of aliphatic carboxylic acids is 1. The Morgan fingerprint density at radius 3 is 2.29 bits per heavy atom. The molecule has 0 aliphatic carbocycles. The van der Waals surface area contributed by atoms with Crippen LogP contribution in [0.25, 0.3) is 0 Å². The van der Waals surface area contributed by atoms with E-state index in [9.17, 15) is 33.9 Å². The molecule has 2 atom stereocenters. The lowest BCUT2D eigenvalue weighted by molar-refractivity contribution is -0.155. The Balaban J connectivity index is 1.57. The number of carbonyl (C=O) groups is 6. The standard InChI is InChI=1S/C28H39N5O8/c1-18(27(38)39)31-33(24(35)12-15-30-25(36)20-5-7-21(8-6-20)28(40)41)26(37)22-3-2-16-32(17-22)23(34)9-4-19-10-13-29-14-11-19/h5-8,18-19,22,29,31H,2-4,9-17H2,1H3,(H,30,36)(H,38,39)(H,40,41)/t18-,22+/m0/s1. The van der Waals surface area contributed by atoms with Gasteiger partial charge in [-0.15, -0.1) is 0 Å². The molecule has 0 bridgehead atoms. The predicted molar refractivity (Wildman–Crippen MR) is 147 cm³/mol. The van der Waals surface area contributed by atoms with Gasteiger partial charge in [-0.25, -0.2) is 15.2 Å². The van der Waals surface area contributed by atoms with Gasteiger partial charge in [0.15, 0.2) is 0 Å². The minimum absolute atomic E-state index is 0.0225. The van der Waals surface area contributed by atoms with Crippen molar-refractivity contribution in [1.29, 1.82) is 0 Å². The summed E-state index contributed by atoms with van der Waals surface area (Å²) in [6.07, 6.45) is 4.02. The number of carbonyl (C=O) groups excluding carboxylic acids is 4. The quantitative estimate of drug-likeness (QED) is 0.225. The molecule has 2 fully saturated rings. The molecule has 5 N–H and O–H groups in total. The van der Waals surface area contributed by atoms with Gasteiger partial charge in [0, 0.05) is 38.0 Å². The molecular formula is C28H39N5O8. The molecule has 1 aromatic carbocycles. The van der Waals surface area contributed by atoms with Gasteiger partial charge in [0.05, 0.1) is 11.5 Å². The molecule has 13 heteroatoms. The second kappa shape index (κ2) is 15.2. The van der Waals surface area contributed by atoms with Crippen LogP contribution in [0.5, 0.6) is 0 Å². The number of rotatable bonds is 12. The van der Waals surface area contributed by atoms with Crippen molar-refractivity contribution in [2.45, 2.75) is 57.9 Å². The Hall–Kier alpha value is -3.84. The van der Waals surface area contributed by atoms with Crippen LogP contribution in [0.2, 0.25) is 0 Å². The maximum absolute atomic E-state index is 13.4. The molecule has 0 unspecified atom stereocenters. The Bertz CT molecular complexity index is 1120. The first-order valence-electron chi connectivity index (χ1n) is 14.0. The second-order valence-electron chi connectivity index (χ2n) is 10.6. The first-order valence-corrected chi connectivity index (χ1v) is 14.0. The van der Waals surface area contributed by atoms with Crippen LogP contribution in [0.3, 0.4) is 0 Å². The third kappa shape index (κ3) is 9.35. The molecule has 1 aromatic rings. The summed E-state index contributed by atoms with van der Waals surface area (Å²) in [5.74, 6) is -4.46. The lowest BCUT2D eigenvalue weighted by atomic mass is 9.92. The van der Waals surface area contributed by atoms with E-state index in [1.54, 1.807) is 4.90 Å². The number of hydrogen-bond donors (Lipinski definition) is 5. The highest BCUT2D eigenvalue weighted by atomic mass is 16.4. The highest BCUT2D eigenvalue weighted by Gasteiger charge is 2.35. The van der Waals surface area contributed by atoms with Crippen molar-refractivity contribution in [3.05, 3.63) is 35.4 Å². The van der Waals surface area contributed by atoms with Gasteiger partial charge in [-0.05, 0) is 82.3 Å². The molecule has 2 heterocycles. The number of imide groups is 1. The maximum Gasteiger partial charge on any atom is 0.335 e. The van der Waals surface area contributed by atoms with E-state index in [4.69, 9.17) is 5.11 Å². The van der Waals surface area contributed by atoms with Gasteiger partial charge < -0.3 is 25.7 Å². The average molecular weight is 574 g/mol. The minimum Gasteiger partial charge on any atom is -0.480 e. The molecule has 41 heavy (non-hydrogen) atoms. The molecular weight excluding hydrogens is 534 g/mol. The Morgan fingerprint density at radius 1 is 1.00 bits per heavy atom. The summed E-state index contributed by atoms with van der Waals surface area (Å²) < 4.78 is 0. The maximum atomic E-state index is 13.4. The first kappa shape index (κ1) is 31.7. The highest BCUT2D eigenvalue weighted by Crippen LogP contribution is 2.23. The zero-order chi connectivity index (χ0) is 29.9. The summed E-state index contributed by atoms with van der Waals surface area (Å²) >= 11 is 0. The molecule has 224 valence electrons. The fourth-order valence-electron chi connectivity index (χ4n) is 5.01. The van der Waals surface area contributed by atoms with Crippen LogP contribution >= 0.6 is 0 Å². The zero-order valence-corrected chi connectivity index (χ0v) is 23.3. The lowest BCUT2D eigenvalue weighted by Gasteiger charge is -2.35. The fraction of sp³-hybridized carbons (Fsp3) is 0.571. The van der Waals surface area contributed by atoms with Crippen LogP contribution in [0.4, 0.5) is 0 Å². The smallest absolute Gasteiger partial charge is 0.335 e. The third-order valence-electron chi connectivity index (χ3n) is 7.53. The van der Waals surface area contributed by atoms with E-state index in [1.165, 1.54) is 31.2 Å². The Labute approximate surface area is 238 Å².